The summed E-state index contributed by atoms with van der Waals surface area (Å²) in [6, 6.07) is 6.92. The average Bonchev–Trinajstić information content (AvgIpc) is 3.42. The lowest BCUT2D eigenvalue weighted by Gasteiger charge is -2.14. The van der Waals surface area contributed by atoms with E-state index in [4.69, 9.17) is 23.7 Å². The summed E-state index contributed by atoms with van der Waals surface area (Å²) in [5.74, 6) is 0.580. The van der Waals surface area contributed by atoms with Crippen LogP contribution in [0.15, 0.2) is 24.3 Å². The molecule has 1 N–H and O–H groups in total. The Morgan fingerprint density at radius 1 is 1.15 bits per heavy atom. The normalized spacial score (nSPS) is 11.8. The molecule has 11 nitrogen and oxygen atoms in total. The molecule has 0 fully saturated rings. The Labute approximate surface area is 198 Å². The van der Waals surface area contributed by atoms with Crippen molar-refractivity contribution in [2.24, 2.45) is 0 Å². The number of nitrogens with zero attached hydrogens (tertiary/aromatic N) is 2. The van der Waals surface area contributed by atoms with Crippen LogP contribution in [0.2, 0.25) is 0 Å². The molecule has 2 heterocycles. The van der Waals surface area contributed by atoms with Crippen LogP contribution in [0.4, 0.5) is 10.8 Å². The van der Waals surface area contributed by atoms with Gasteiger partial charge in [-0.1, -0.05) is 6.07 Å². The van der Waals surface area contributed by atoms with Gasteiger partial charge in [0.2, 0.25) is 18.3 Å². The lowest BCUT2D eigenvalue weighted by atomic mass is 10.1. The minimum atomic E-state index is -0.727. The Bertz CT molecular complexity index is 1270. The second kappa shape index (κ2) is 9.43. The van der Waals surface area contributed by atoms with Crippen molar-refractivity contribution < 1.29 is 33.4 Å². The van der Waals surface area contributed by atoms with Gasteiger partial charge < -0.3 is 23.7 Å². The van der Waals surface area contributed by atoms with Crippen molar-refractivity contribution in [2.45, 2.75) is 13.3 Å². The van der Waals surface area contributed by atoms with E-state index in [1.54, 1.807) is 0 Å². The summed E-state index contributed by atoms with van der Waals surface area (Å²) >= 11 is 1.28. The smallest absolute Gasteiger partial charge is 0.327 e. The van der Waals surface area contributed by atoms with E-state index in [1.165, 1.54) is 38.7 Å². The molecule has 178 valence electrons. The Morgan fingerprint density at radius 3 is 2.56 bits per heavy atom. The van der Waals surface area contributed by atoms with Gasteiger partial charge in [0, 0.05) is 17.4 Å². The molecule has 34 heavy (non-hydrogen) atoms. The quantitative estimate of drug-likeness (QED) is 0.370. The molecule has 0 bridgehead atoms. The molecule has 0 aliphatic carbocycles. The van der Waals surface area contributed by atoms with Crippen molar-refractivity contribution in [2.75, 3.05) is 33.4 Å². The number of fused-ring (bicyclic) bond motifs is 1. The third kappa shape index (κ3) is 4.27. The van der Waals surface area contributed by atoms with E-state index >= 15 is 0 Å². The third-order valence-electron chi connectivity index (χ3n) is 5.15. The van der Waals surface area contributed by atoms with Gasteiger partial charge in [0.25, 0.3) is 5.91 Å². The molecule has 0 unspecified atom stereocenters. The first kappa shape index (κ1) is 23.1. The topological polar surface area (TPSA) is 131 Å². The number of nitro groups is 1. The molecule has 0 radical (unpaired) electrons. The summed E-state index contributed by atoms with van der Waals surface area (Å²) in [7, 11) is 3.93. The van der Waals surface area contributed by atoms with E-state index in [0.29, 0.717) is 23.1 Å². The van der Waals surface area contributed by atoms with Crippen molar-refractivity contribution in [1.82, 2.24) is 4.98 Å². The molecular weight excluding hydrogens is 466 g/mol. The van der Waals surface area contributed by atoms with Gasteiger partial charge in [-0.25, -0.2) is 4.98 Å². The van der Waals surface area contributed by atoms with Crippen molar-refractivity contribution in [3.05, 3.63) is 56.1 Å². The first-order chi connectivity index (χ1) is 16.4. The fourth-order valence-electron chi connectivity index (χ4n) is 3.54. The zero-order valence-electron chi connectivity index (χ0n) is 18.8. The standard InChI is InChI=1S/C22H21N3O8S/c1-11-17(8-12-5-6-14-15(7-12)33-10-32-14)34-22(23-11)24-21(26)13-9-16(29-2)19(30-3)20(31-4)18(13)25(27)28/h5-7,9H,8,10H2,1-4H3,(H,23,24,26). The zero-order chi connectivity index (χ0) is 24.4. The average molecular weight is 487 g/mol. The van der Waals surface area contributed by atoms with E-state index in [9.17, 15) is 14.9 Å². The highest BCUT2D eigenvalue weighted by Gasteiger charge is 2.33. The molecular formula is C22H21N3O8S. The van der Waals surface area contributed by atoms with Crippen molar-refractivity contribution in [3.63, 3.8) is 0 Å². The van der Waals surface area contributed by atoms with Crippen LogP contribution < -0.4 is 29.0 Å². The van der Waals surface area contributed by atoms with E-state index in [0.717, 1.165) is 16.1 Å². The maximum atomic E-state index is 13.1. The number of carbonyl (C=O) groups is 1. The number of ether oxygens (including phenoxy) is 5. The van der Waals surface area contributed by atoms with Gasteiger partial charge in [-0.3, -0.25) is 20.2 Å². The minimum absolute atomic E-state index is 0.0179. The molecule has 2 aromatic carbocycles. The number of carbonyl (C=O) groups excluding carboxylic acids is 1. The SMILES string of the molecule is COc1cc(C(=O)Nc2nc(C)c(Cc3ccc4c(c3)OCO4)s2)c([N+](=O)[O-])c(OC)c1OC. The van der Waals surface area contributed by atoms with Crippen LogP contribution in [0.25, 0.3) is 0 Å². The number of anilines is 1. The Hall–Kier alpha value is -4.06. The number of hydrogen-bond donors (Lipinski definition) is 1. The van der Waals surface area contributed by atoms with Gasteiger partial charge >= 0.3 is 5.69 Å². The number of aromatic nitrogens is 1. The highest BCUT2D eigenvalue weighted by molar-refractivity contribution is 7.15. The summed E-state index contributed by atoms with van der Waals surface area (Å²) in [5.41, 5.74) is 0.947. The summed E-state index contributed by atoms with van der Waals surface area (Å²) in [5, 5.41) is 14.7. The van der Waals surface area contributed by atoms with Crippen LogP contribution in [-0.4, -0.2) is 43.9 Å². The van der Waals surface area contributed by atoms with E-state index < -0.39 is 16.5 Å². The van der Waals surface area contributed by atoms with Crippen molar-refractivity contribution in [1.29, 1.82) is 0 Å². The fraction of sp³-hybridized carbons (Fsp3) is 0.273. The number of methoxy groups -OCH3 is 3. The van der Waals surface area contributed by atoms with Gasteiger partial charge in [-0.2, -0.15) is 0 Å². The van der Waals surface area contributed by atoms with Crippen LogP contribution in [0.5, 0.6) is 28.7 Å². The lowest BCUT2D eigenvalue weighted by molar-refractivity contribution is -0.386. The molecule has 0 saturated heterocycles. The Kier molecular flexibility index (Phi) is 6.41. The molecule has 3 aromatic rings. The number of nitro benzene ring substituents is 1. The van der Waals surface area contributed by atoms with Gasteiger partial charge in [0.1, 0.15) is 5.56 Å². The summed E-state index contributed by atoms with van der Waals surface area (Å²) in [4.78, 5) is 29.5. The molecule has 0 spiro atoms. The predicted molar refractivity (Wildman–Crippen MR) is 123 cm³/mol. The maximum Gasteiger partial charge on any atom is 0.327 e. The van der Waals surface area contributed by atoms with E-state index in [2.05, 4.69) is 10.3 Å². The van der Waals surface area contributed by atoms with E-state index in [-0.39, 0.29) is 29.6 Å². The highest BCUT2D eigenvalue weighted by atomic mass is 32.1. The molecule has 4 rings (SSSR count). The van der Waals surface area contributed by atoms with Gasteiger partial charge in [-0.05, 0) is 24.6 Å². The van der Waals surface area contributed by atoms with Crippen LogP contribution in [0, 0.1) is 17.0 Å². The zero-order valence-corrected chi connectivity index (χ0v) is 19.6. The van der Waals surface area contributed by atoms with Crippen LogP contribution in [0.3, 0.4) is 0 Å². The lowest BCUT2D eigenvalue weighted by Crippen LogP contribution is -2.15. The summed E-state index contributed by atoms with van der Waals surface area (Å²) in [6.07, 6.45) is 0.570. The molecule has 12 heteroatoms. The van der Waals surface area contributed by atoms with Crippen molar-refractivity contribution >= 4 is 28.1 Å². The second-order valence-electron chi connectivity index (χ2n) is 7.14. The minimum Gasteiger partial charge on any atom is -0.493 e. The molecule has 1 aliphatic rings. The van der Waals surface area contributed by atoms with Crippen LogP contribution in [0.1, 0.15) is 26.5 Å². The number of rotatable bonds is 8. The molecule has 0 atom stereocenters. The number of nitrogens with one attached hydrogen (secondary N) is 1. The number of benzene rings is 2. The molecule has 1 aliphatic heterocycles. The fourth-order valence-corrected chi connectivity index (χ4v) is 4.53. The molecule has 0 saturated carbocycles. The molecule has 1 aromatic heterocycles. The first-order valence-corrected chi connectivity index (χ1v) is 10.8. The highest BCUT2D eigenvalue weighted by Crippen LogP contribution is 2.46. The van der Waals surface area contributed by atoms with Gasteiger partial charge in [0.05, 0.1) is 31.9 Å². The van der Waals surface area contributed by atoms with Crippen molar-refractivity contribution in [3.8, 4) is 28.7 Å². The molecule has 1 amide bonds. The number of thiazole rings is 1. The second-order valence-corrected chi connectivity index (χ2v) is 8.23. The first-order valence-electron chi connectivity index (χ1n) is 9.99. The number of amides is 1. The number of hydrogen-bond acceptors (Lipinski definition) is 10. The third-order valence-corrected chi connectivity index (χ3v) is 6.22. The Morgan fingerprint density at radius 2 is 1.88 bits per heavy atom. The van der Waals surface area contributed by atoms with Gasteiger partial charge in [-0.15, -0.1) is 11.3 Å². The largest absolute Gasteiger partial charge is 0.493 e. The monoisotopic (exact) mass is 487 g/mol. The number of aryl methyl sites for hydroxylation is 1. The van der Waals surface area contributed by atoms with Gasteiger partial charge in [0.15, 0.2) is 22.4 Å². The predicted octanol–water partition coefficient (Wildman–Crippen LogP) is 3.96. The van der Waals surface area contributed by atoms with Crippen LogP contribution in [-0.2, 0) is 6.42 Å². The summed E-state index contributed by atoms with van der Waals surface area (Å²) < 4.78 is 26.4. The maximum absolute atomic E-state index is 13.1. The van der Waals surface area contributed by atoms with Crippen LogP contribution >= 0.6 is 11.3 Å². The Balaban J connectivity index is 1.61. The summed E-state index contributed by atoms with van der Waals surface area (Å²) in [6.45, 7) is 2.03. The van der Waals surface area contributed by atoms with E-state index in [1.807, 2.05) is 25.1 Å².